The SMILES string of the molecule is Cc1nc2sc(C=C3C(=O)c4cc5ccccc5cc4C3=O)nc2o1. The Morgan fingerprint density at radius 1 is 1.00 bits per heavy atom. The van der Waals surface area contributed by atoms with Crippen LogP contribution in [0.4, 0.5) is 0 Å². The fourth-order valence-corrected chi connectivity index (χ4v) is 3.93. The average molecular weight is 346 g/mol. The van der Waals surface area contributed by atoms with Crippen molar-refractivity contribution in [2.75, 3.05) is 0 Å². The standard InChI is InChI=1S/C19H10N2O3S/c1-9-20-19-18(24-9)21-15(25-19)8-14-16(22)12-6-10-4-2-3-5-11(10)7-13(12)17(14)23/h2-8H,1H3. The molecule has 1 aliphatic carbocycles. The molecule has 1 aliphatic rings. The Labute approximate surface area is 145 Å². The van der Waals surface area contributed by atoms with Gasteiger partial charge in [0.2, 0.25) is 0 Å². The van der Waals surface area contributed by atoms with Crippen LogP contribution in [-0.4, -0.2) is 21.5 Å². The Morgan fingerprint density at radius 3 is 2.24 bits per heavy atom. The summed E-state index contributed by atoms with van der Waals surface area (Å²) in [6, 6.07) is 11.2. The summed E-state index contributed by atoms with van der Waals surface area (Å²) < 4.78 is 5.37. The van der Waals surface area contributed by atoms with E-state index in [9.17, 15) is 9.59 Å². The summed E-state index contributed by atoms with van der Waals surface area (Å²) in [7, 11) is 0. The molecule has 0 saturated heterocycles. The lowest BCUT2D eigenvalue weighted by molar-refractivity contribution is 0.0990. The van der Waals surface area contributed by atoms with Gasteiger partial charge in [-0.05, 0) is 29.0 Å². The van der Waals surface area contributed by atoms with Crippen LogP contribution < -0.4 is 0 Å². The number of ketones is 2. The van der Waals surface area contributed by atoms with E-state index in [4.69, 9.17) is 4.42 Å². The maximum Gasteiger partial charge on any atom is 0.258 e. The fraction of sp³-hybridized carbons (Fsp3) is 0.0526. The van der Waals surface area contributed by atoms with Gasteiger partial charge >= 0.3 is 0 Å². The van der Waals surface area contributed by atoms with Gasteiger partial charge in [0.25, 0.3) is 5.71 Å². The second-order valence-corrected chi connectivity index (χ2v) is 6.87. The minimum absolute atomic E-state index is 0.137. The number of aryl methyl sites for hydroxylation is 1. The van der Waals surface area contributed by atoms with Gasteiger partial charge in [0.05, 0.1) is 5.57 Å². The van der Waals surface area contributed by atoms with Gasteiger partial charge in [0.1, 0.15) is 5.01 Å². The second kappa shape index (κ2) is 4.94. The second-order valence-electron chi connectivity index (χ2n) is 5.86. The van der Waals surface area contributed by atoms with Crippen molar-refractivity contribution in [3.05, 3.63) is 64.0 Å². The highest BCUT2D eigenvalue weighted by atomic mass is 32.1. The van der Waals surface area contributed by atoms with E-state index in [0.29, 0.717) is 32.6 Å². The molecule has 0 aliphatic heterocycles. The van der Waals surface area contributed by atoms with Crippen molar-refractivity contribution in [1.29, 1.82) is 0 Å². The fourth-order valence-electron chi connectivity index (χ4n) is 3.08. The summed E-state index contributed by atoms with van der Waals surface area (Å²) in [4.78, 5) is 34.6. The third-order valence-electron chi connectivity index (χ3n) is 4.23. The Bertz CT molecular complexity index is 1160. The van der Waals surface area contributed by atoms with Crippen molar-refractivity contribution in [1.82, 2.24) is 9.97 Å². The molecule has 0 fully saturated rings. The molecule has 0 amide bonds. The molecular weight excluding hydrogens is 336 g/mol. The van der Waals surface area contributed by atoms with Crippen LogP contribution >= 0.6 is 11.3 Å². The average Bonchev–Trinajstić information content (AvgIpc) is 3.20. The summed E-state index contributed by atoms with van der Waals surface area (Å²) in [6.45, 7) is 1.75. The molecule has 5 nitrogen and oxygen atoms in total. The van der Waals surface area contributed by atoms with Crippen molar-refractivity contribution < 1.29 is 14.0 Å². The van der Waals surface area contributed by atoms with Gasteiger partial charge in [-0.15, -0.1) is 0 Å². The predicted molar refractivity (Wildman–Crippen MR) is 95.0 cm³/mol. The van der Waals surface area contributed by atoms with Gasteiger partial charge < -0.3 is 4.42 Å². The van der Waals surface area contributed by atoms with Crippen molar-refractivity contribution in [3.63, 3.8) is 0 Å². The van der Waals surface area contributed by atoms with E-state index in [2.05, 4.69) is 9.97 Å². The van der Waals surface area contributed by atoms with E-state index in [1.165, 1.54) is 17.4 Å². The van der Waals surface area contributed by atoms with Crippen LogP contribution in [0.3, 0.4) is 0 Å². The molecule has 2 aromatic heterocycles. The number of nitrogens with zero attached hydrogens (tertiary/aromatic N) is 2. The normalized spacial score (nSPS) is 13.9. The molecule has 5 rings (SSSR count). The third kappa shape index (κ3) is 2.08. The highest BCUT2D eigenvalue weighted by molar-refractivity contribution is 7.18. The molecule has 0 unspecified atom stereocenters. The first-order valence-corrected chi connectivity index (χ1v) is 8.50. The largest absolute Gasteiger partial charge is 0.422 e. The van der Waals surface area contributed by atoms with Crippen LogP contribution in [0.25, 0.3) is 27.4 Å². The number of rotatable bonds is 1. The maximum absolute atomic E-state index is 12.7. The number of fused-ring (bicyclic) bond motifs is 3. The number of oxazole rings is 1. The highest BCUT2D eigenvalue weighted by Gasteiger charge is 2.33. The van der Waals surface area contributed by atoms with Crippen LogP contribution in [0.2, 0.25) is 0 Å². The van der Waals surface area contributed by atoms with Gasteiger partial charge in [-0.3, -0.25) is 9.59 Å². The lowest BCUT2D eigenvalue weighted by Crippen LogP contribution is -2.00. The smallest absolute Gasteiger partial charge is 0.258 e. The highest BCUT2D eigenvalue weighted by Crippen LogP contribution is 2.32. The van der Waals surface area contributed by atoms with E-state index in [0.717, 1.165) is 10.8 Å². The van der Waals surface area contributed by atoms with E-state index < -0.39 is 0 Å². The van der Waals surface area contributed by atoms with Gasteiger partial charge in [0, 0.05) is 18.1 Å². The minimum atomic E-state index is -0.262. The molecule has 0 spiro atoms. The number of carbonyl (C=O) groups excluding carboxylic acids is 2. The van der Waals surface area contributed by atoms with Crippen molar-refractivity contribution in [2.24, 2.45) is 0 Å². The molecule has 4 aromatic rings. The zero-order chi connectivity index (χ0) is 17.1. The number of carbonyl (C=O) groups is 2. The summed E-state index contributed by atoms with van der Waals surface area (Å²) in [5, 5.41) is 2.42. The number of hydrogen-bond donors (Lipinski definition) is 0. The molecule has 0 bridgehead atoms. The number of thiazole rings is 1. The number of benzene rings is 2. The van der Waals surface area contributed by atoms with Gasteiger partial charge in [-0.25, -0.2) is 4.98 Å². The number of allylic oxidation sites excluding steroid dienone is 1. The van der Waals surface area contributed by atoms with Crippen LogP contribution in [0, 0.1) is 6.92 Å². The van der Waals surface area contributed by atoms with E-state index in [1.807, 2.05) is 24.3 Å². The first-order chi connectivity index (χ1) is 12.1. The topological polar surface area (TPSA) is 73.1 Å². The molecule has 0 atom stereocenters. The molecule has 120 valence electrons. The molecule has 2 aromatic carbocycles. The van der Waals surface area contributed by atoms with Crippen molar-refractivity contribution >= 4 is 50.3 Å². The van der Waals surface area contributed by atoms with Crippen LogP contribution in [0.1, 0.15) is 31.6 Å². The molecule has 6 heteroatoms. The van der Waals surface area contributed by atoms with E-state index in [1.54, 1.807) is 19.1 Å². The lowest BCUT2D eigenvalue weighted by Gasteiger charge is -2.00. The molecule has 0 saturated carbocycles. The van der Waals surface area contributed by atoms with Gasteiger partial charge in [-0.2, -0.15) is 4.98 Å². The first-order valence-electron chi connectivity index (χ1n) is 7.68. The van der Waals surface area contributed by atoms with Gasteiger partial charge in [0.15, 0.2) is 22.3 Å². The Balaban J connectivity index is 1.64. The number of Topliss-reactive ketones (excluding diaryl/α,β-unsaturated/α-hetero) is 2. The van der Waals surface area contributed by atoms with Crippen molar-refractivity contribution in [3.8, 4) is 0 Å². The minimum Gasteiger partial charge on any atom is -0.422 e. The summed E-state index contributed by atoms with van der Waals surface area (Å²) in [6.07, 6.45) is 1.53. The van der Waals surface area contributed by atoms with Crippen LogP contribution in [0.5, 0.6) is 0 Å². The van der Waals surface area contributed by atoms with Crippen LogP contribution in [0.15, 0.2) is 46.4 Å². The molecule has 0 radical (unpaired) electrons. The predicted octanol–water partition coefficient (Wildman–Crippen LogP) is 4.21. The molecular formula is C19H10N2O3S. The quantitative estimate of drug-likeness (QED) is 0.381. The third-order valence-corrected chi connectivity index (χ3v) is 5.11. The number of hydrogen-bond acceptors (Lipinski definition) is 6. The summed E-state index contributed by atoms with van der Waals surface area (Å²) in [5.41, 5.74) is 1.46. The molecule has 0 N–H and O–H groups in total. The van der Waals surface area contributed by atoms with E-state index >= 15 is 0 Å². The van der Waals surface area contributed by atoms with Crippen LogP contribution in [-0.2, 0) is 0 Å². The number of aromatic nitrogens is 2. The Hall–Kier alpha value is -3.12. The summed E-state index contributed by atoms with van der Waals surface area (Å²) in [5.74, 6) is 0.0171. The first kappa shape index (κ1) is 14.2. The maximum atomic E-state index is 12.7. The van der Waals surface area contributed by atoms with Crippen molar-refractivity contribution in [2.45, 2.75) is 6.92 Å². The monoisotopic (exact) mass is 346 g/mol. The zero-order valence-corrected chi connectivity index (χ0v) is 13.9. The lowest BCUT2D eigenvalue weighted by atomic mass is 10.0. The molecule has 2 heterocycles. The summed E-state index contributed by atoms with van der Waals surface area (Å²) >= 11 is 1.29. The Morgan fingerprint density at radius 2 is 1.64 bits per heavy atom. The zero-order valence-electron chi connectivity index (χ0n) is 13.1. The molecule has 25 heavy (non-hydrogen) atoms. The Kier molecular flexibility index (Phi) is 2.81. The van der Waals surface area contributed by atoms with Gasteiger partial charge in [-0.1, -0.05) is 35.6 Å². The van der Waals surface area contributed by atoms with E-state index in [-0.39, 0.29) is 17.1 Å².